The van der Waals surface area contributed by atoms with Crippen LogP contribution in [0.1, 0.15) is 6.92 Å². The van der Waals surface area contributed by atoms with Gasteiger partial charge in [-0.2, -0.15) is 0 Å². The van der Waals surface area contributed by atoms with Crippen molar-refractivity contribution in [2.75, 3.05) is 0 Å². The van der Waals surface area contributed by atoms with Crippen molar-refractivity contribution in [3.05, 3.63) is 29.3 Å². The van der Waals surface area contributed by atoms with Crippen molar-refractivity contribution in [1.29, 1.82) is 0 Å². The molecular weight excluding hydrogens is 227 g/mol. The minimum atomic E-state index is -0.874. The van der Waals surface area contributed by atoms with Gasteiger partial charge in [-0.1, -0.05) is 35.3 Å². The molecule has 14 heavy (non-hydrogen) atoms. The van der Waals surface area contributed by atoms with Gasteiger partial charge in [0.2, 0.25) is 0 Å². The van der Waals surface area contributed by atoms with E-state index in [9.17, 15) is 4.79 Å². The second kappa shape index (κ2) is 5.08. The molecule has 76 valence electrons. The van der Waals surface area contributed by atoms with E-state index in [2.05, 4.69) is 4.74 Å². The van der Waals surface area contributed by atoms with Crippen molar-refractivity contribution in [1.82, 2.24) is 0 Å². The van der Waals surface area contributed by atoms with E-state index in [1.807, 2.05) is 0 Å². The fourth-order valence-electron chi connectivity index (χ4n) is 0.774. The molecule has 5 heteroatoms. The first kappa shape index (κ1) is 11.1. The Balaban J connectivity index is 2.61. The maximum absolute atomic E-state index is 11.0. The van der Waals surface area contributed by atoms with E-state index in [0.29, 0.717) is 5.02 Å². The highest BCUT2D eigenvalue weighted by Crippen LogP contribution is 2.23. The fraction of sp³-hybridized carbons (Fsp3) is 0.222. The molecule has 3 nitrogen and oxygen atoms in total. The Morgan fingerprint density at radius 2 is 2.07 bits per heavy atom. The van der Waals surface area contributed by atoms with Crippen LogP contribution in [0, 0.1) is 0 Å². The molecule has 0 saturated heterocycles. The van der Waals surface area contributed by atoms with Gasteiger partial charge in [0, 0.05) is 0 Å². The first-order valence-electron chi connectivity index (χ1n) is 3.86. The summed E-state index contributed by atoms with van der Waals surface area (Å²) in [5.74, 6) is 0.247. The summed E-state index contributed by atoms with van der Waals surface area (Å²) >= 11 is 11.2. The summed E-state index contributed by atoms with van der Waals surface area (Å²) in [6, 6.07) is 6.58. The maximum Gasteiger partial charge on any atom is 0.515 e. The summed E-state index contributed by atoms with van der Waals surface area (Å²) in [5.41, 5.74) is -0.731. The van der Waals surface area contributed by atoms with Gasteiger partial charge < -0.3 is 9.47 Å². The zero-order chi connectivity index (χ0) is 10.6. The molecule has 0 radical (unpaired) electrons. The predicted octanol–water partition coefficient (Wildman–Crippen LogP) is 3.44. The second-order valence-electron chi connectivity index (χ2n) is 2.44. The number of carbonyl (C=O) groups is 1. The Morgan fingerprint density at radius 3 is 2.64 bits per heavy atom. The Morgan fingerprint density at radius 1 is 1.43 bits per heavy atom. The lowest BCUT2D eigenvalue weighted by atomic mass is 10.3. The van der Waals surface area contributed by atoms with Gasteiger partial charge >= 0.3 is 6.16 Å². The number of rotatable bonds is 2. The maximum atomic E-state index is 11.0. The molecule has 0 aromatic heterocycles. The summed E-state index contributed by atoms with van der Waals surface area (Å²) in [6.07, 6.45) is -0.874. The molecule has 0 spiro atoms. The molecule has 0 fully saturated rings. The zero-order valence-corrected chi connectivity index (χ0v) is 8.88. The summed E-state index contributed by atoms with van der Waals surface area (Å²) in [7, 11) is 0. The van der Waals surface area contributed by atoms with E-state index in [4.69, 9.17) is 27.9 Å². The van der Waals surface area contributed by atoms with Crippen LogP contribution in [-0.4, -0.2) is 11.7 Å². The van der Waals surface area contributed by atoms with Crippen LogP contribution in [0.15, 0.2) is 24.3 Å². The highest BCUT2D eigenvalue weighted by atomic mass is 35.5. The molecule has 1 aromatic carbocycles. The molecule has 0 aliphatic carbocycles. The monoisotopic (exact) mass is 234 g/mol. The number of halogens is 2. The number of hydrogen-bond donors (Lipinski definition) is 0. The lowest BCUT2D eigenvalue weighted by molar-refractivity contribution is 0.0924. The first-order chi connectivity index (χ1) is 6.59. The van der Waals surface area contributed by atoms with Crippen LogP contribution in [0.25, 0.3) is 0 Å². The predicted molar refractivity (Wildman–Crippen MR) is 53.9 cm³/mol. The average molecular weight is 235 g/mol. The lowest BCUT2D eigenvalue weighted by Crippen LogP contribution is -2.14. The third kappa shape index (κ3) is 3.44. The molecule has 0 amide bonds. The molecule has 1 rings (SSSR count). The lowest BCUT2D eigenvalue weighted by Gasteiger charge is -2.07. The largest absolute Gasteiger partial charge is 0.515 e. The number of alkyl halides is 1. The van der Waals surface area contributed by atoms with Gasteiger partial charge in [0.05, 0.1) is 5.02 Å². The van der Waals surface area contributed by atoms with Gasteiger partial charge in [0.25, 0.3) is 0 Å². The molecule has 0 aliphatic heterocycles. The number of hydrogen-bond acceptors (Lipinski definition) is 3. The van der Waals surface area contributed by atoms with Crippen molar-refractivity contribution >= 4 is 29.4 Å². The second-order valence-corrected chi connectivity index (χ2v) is 3.47. The van der Waals surface area contributed by atoms with Crippen LogP contribution >= 0.6 is 23.2 Å². The normalized spacial score (nSPS) is 11.9. The van der Waals surface area contributed by atoms with Gasteiger partial charge in [0.1, 0.15) is 0 Å². The summed E-state index contributed by atoms with van der Waals surface area (Å²) < 4.78 is 9.33. The van der Waals surface area contributed by atoms with Gasteiger partial charge in [0.15, 0.2) is 11.3 Å². The highest BCUT2D eigenvalue weighted by Gasteiger charge is 2.10. The van der Waals surface area contributed by atoms with Crippen LogP contribution in [-0.2, 0) is 4.74 Å². The van der Waals surface area contributed by atoms with Crippen molar-refractivity contribution in [3.8, 4) is 5.75 Å². The smallest absolute Gasteiger partial charge is 0.415 e. The quantitative estimate of drug-likeness (QED) is 0.447. The topological polar surface area (TPSA) is 35.5 Å². The van der Waals surface area contributed by atoms with Crippen LogP contribution in [0.2, 0.25) is 5.02 Å². The summed E-state index contributed by atoms with van der Waals surface area (Å²) in [5, 5.41) is 0.340. The van der Waals surface area contributed by atoms with Crippen LogP contribution in [0.3, 0.4) is 0 Å². The molecule has 0 heterocycles. The van der Waals surface area contributed by atoms with Crippen molar-refractivity contribution in [3.63, 3.8) is 0 Å². The van der Waals surface area contributed by atoms with Crippen molar-refractivity contribution in [2.24, 2.45) is 0 Å². The van der Waals surface area contributed by atoms with Gasteiger partial charge in [-0.15, -0.1) is 0 Å². The molecular formula is C9H8Cl2O3. The SMILES string of the molecule is C[C@H](Cl)OC(=O)Oc1ccccc1Cl. The summed E-state index contributed by atoms with van der Waals surface area (Å²) in [6.45, 7) is 1.51. The number of benzene rings is 1. The van der Waals surface area contributed by atoms with E-state index < -0.39 is 11.7 Å². The van der Waals surface area contributed by atoms with E-state index >= 15 is 0 Å². The molecule has 1 atom stereocenters. The third-order valence-corrected chi connectivity index (χ3v) is 1.69. The minimum Gasteiger partial charge on any atom is -0.415 e. The standard InChI is InChI=1S/C9H8Cl2O3/c1-6(10)13-9(12)14-8-5-3-2-4-7(8)11/h2-6H,1H3/t6-/m1/s1. The minimum absolute atomic E-state index is 0.247. The summed E-state index contributed by atoms with van der Waals surface area (Å²) in [4.78, 5) is 11.0. The van der Waals surface area contributed by atoms with Crippen LogP contribution < -0.4 is 4.74 Å². The van der Waals surface area contributed by atoms with E-state index in [1.54, 1.807) is 24.3 Å². The third-order valence-electron chi connectivity index (χ3n) is 1.29. The molecule has 0 N–H and O–H groups in total. The number of carbonyl (C=O) groups excluding carboxylic acids is 1. The Hall–Kier alpha value is -0.930. The van der Waals surface area contributed by atoms with Gasteiger partial charge in [-0.25, -0.2) is 4.79 Å². The Bertz CT molecular complexity index is 326. The van der Waals surface area contributed by atoms with Crippen molar-refractivity contribution < 1.29 is 14.3 Å². The van der Waals surface area contributed by atoms with Gasteiger partial charge in [-0.3, -0.25) is 0 Å². The first-order valence-corrected chi connectivity index (χ1v) is 4.68. The molecule has 0 bridgehead atoms. The molecule has 0 aliphatic rings. The van der Waals surface area contributed by atoms with Crippen LogP contribution in [0.4, 0.5) is 4.79 Å². The van der Waals surface area contributed by atoms with Crippen molar-refractivity contribution in [2.45, 2.75) is 12.5 Å². The zero-order valence-electron chi connectivity index (χ0n) is 7.37. The van der Waals surface area contributed by atoms with E-state index in [1.165, 1.54) is 6.92 Å². The molecule has 0 unspecified atom stereocenters. The molecule has 0 saturated carbocycles. The highest BCUT2D eigenvalue weighted by molar-refractivity contribution is 6.32. The Labute approximate surface area is 91.5 Å². The van der Waals surface area contributed by atoms with Gasteiger partial charge in [-0.05, 0) is 19.1 Å². The fourth-order valence-corrected chi connectivity index (χ4v) is 1.02. The molecule has 1 aromatic rings. The van der Waals surface area contributed by atoms with Crippen LogP contribution in [0.5, 0.6) is 5.75 Å². The van der Waals surface area contributed by atoms with E-state index in [-0.39, 0.29) is 5.75 Å². The number of para-hydroxylation sites is 1. The van der Waals surface area contributed by atoms with E-state index in [0.717, 1.165) is 0 Å². The number of ether oxygens (including phenoxy) is 2. The Kier molecular flexibility index (Phi) is 4.04. The average Bonchev–Trinajstić information content (AvgIpc) is 2.07.